The molecule has 180 valence electrons. The summed E-state index contributed by atoms with van der Waals surface area (Å²) in [5.41, 5.74) is 0.0928. The van der Waals surface area contributed by atoms with E-state index in [-0.39, 0.29) is 37.2 Å². The first-order valence-corrected chi connectivity index (χ1v) is 11.1. The zero-order chi connectivity index (χ0) is 25.1. The Balaban J connectivity index is 1.16. The molecule has 2 aliphatic rings. The Hall–Kier alpha value is -4.41. The molecule has 0 spiro atoms. The van der Waals surface area contributed by atoms with Gasteiger partial charge in [-0.25, -0.2) is 0 Å². The summed E-state index contributed by atoms with van der Waals surface area (Å²) >= 11 is 0. The van der Waals surface area contributed by atoms with Crippen LogP contribution in [0, 0.1) is 10.1 Å². The first-order valence-electron chi connectivity index (χ1n) is 11.1. The number of rotatable bonds is 10. The van der Waals surface area contributed by atoms with E-state index in [9.17, 15) is 34.1 Å². The van der Waals surface area contributed by atoms with Crippen molar-refractivity contribution in [1.29, 1.82) is 0 Å². The summed E-state index contributed by atoms with van der Waals surface area (Å²) in [6, 6.07) is 10.4. The van der Waals surface area contributed by atoms with Crippen molar-refractivity contribution < 1.29 is 33.6 Å². The number of unbranched alkanes of at least 4 members (excludes halogenated alkanes) is 2. The third-order valence-electron chi connectivity index (χ3n) is 5.89. The molecule has 4 amide bonds. The number of hydrogen-bond acceptors (Lipinski definition) is 8. The molecule has 0 saturated carbocycles. The molecule has 2 aliphatic heterocycles. The van der Waals surface area contributed by atoms with E-state index in [1.54, 1.807) is 24.3 Å². The van der Waals surface area contributed by atoms with E-state index in [1.807, 2.05) is 0 Å². The van der Waals surface area contributed by atoms with Gasteiger partial charge in [-0.3, -0.25) is 43.9 Å². The van der Waals surface area contributed by atoms with Gasteiger partial charge in [-0.2, -0.15) is 0 Å². The lowest BCUT2D eigenvalue weighted by Gasteiger charge is -2.14. The number of hydrogen-bond donors (Lipinski definition) is 0. The number of nitrogens with zero attached hydrogens (tertiary/aromatic N) is 3. The molecule has 0 bridgehead atoms. The second-order valence-corrected chi connectivity index (χ2v) is 8.06. The summed E-state index contributed by atoms with van der Waals surface area (Å²) in [6.07, 6.45) is 1.47. The largest absolute Gasteiger partial charge is 0.464 e. The smallest absolute Gasteiger partial charge is 0.305 e. The molecular weight excluding hydrogens is 458 g/mol. The van der Waals surface area contributed by atoms with Crippen molar-refractivity contribution in [2.45, 2.75) is 25.7 Å². The minimum Gasteiger partial charge on any atom is -0.464 e. The maximum absolute atomic E-state index is 12.5. The van der Waals surface area contributed by atoms with Crippen LogP contribution < -0.4 is 0 Å². The van der Waals surface area contributed by atoms with Gasteiger partial charge < -0.3 is 4.74 Å². The van der Waals surface area contributed by atoms with Crippen molar-refractivity contribution in [3.05, 3.63) is 74.8 Å². The fourth-order valence-corrected chi connectivity index (χ4v) is 4.15. The molecule has 0 unspecified atom stereocenters. The van der Waals surface area contributed by atoms with Crippen LogP contribution in [-0.4, -0.2) is 64.0 Å². The Morgan fingerprint density at radius 1 is 0.771 bits per heavy atom. The van der Waals surface area contributed by atoms with E-state index in [2.05, 4.69) is 0 Å². The van der Waals surface area contributed by atoms with Gasteiger partial charge in [-0.1, -0.05) is 24.6 Å². The molecule has 0 fully saturated rings. The SMILES string of the molecule is O=C(CCCCCN1C(=O)c2cccc([N+](=O)[O-])c2C1=O)OCCN1C(=O)c2ccccc2C1=O. The van der Waals surface area contributed by atoms with Crippen LogP contribution in [-0.2, 0) is 9.53 Å². The maximum Gasteiger partial charge on any atom is 0.305 e. The van der Waals surface area contributed by atoms with Gasteiger partial charge in [0.2, 0.25) is 0 Å². The van der Waals surface area contributed by atoms with Crippen molar-refractivity contribution >= 4 is 35.3 Å². The van der Waals surface area contributed by atoms with Crippen molar-refractivity contribution in [3.8, 4) is 0 Å². The summed E-state index contributed by atoms with van der Waals surface area (Å²) in [7, 11) is 0. The molecule has 2 aromatic rings. The lowest BCUT2D eigenvalue weighted by Crippen LogP contribution is -2.33. The van der Waals surface area contributed by atoms with Gasteiger partial charge in [0.25, 0.3) is 29.3 Å². The summed E-state index contributed by atoms with van der Waals surface area (Å²) in [5, 5.41) is 11.2. The van der Waals surface area contributed by atoms with Gasteiger partial charge in [0, 0.05) is 19.0 Å². The highest BCUT2D eigenvalue weighted by Crippen LogP contribution is 2.31. The predicted octanol–water partition coefficient (Wildman–Crippen LogP) is 2.59. The van der Waals surface area contributed by atoms with Crippen LogP contribution in [0.1, 0.15) is 67.1 Å². The Labute approximate surface area is 199 Å². The molecule has 2 heterocycles. The topological polar surface area (TPSA) is 144 Å². The summed E-state index contributed by atoms with van der Waals surface area (Å²) in [4.78, 5) is 74.0. The lowest BCUT2D eigenvalue weighted by atomic mass is 10.1. The van der Waals surface area contributed by atoms with E-state index in [0.717, 1.165) is 9.80 Å². The number of nitro groups is 1. The second-order valence-electron chi connectivity index (χ2n) is 8.06. The van der Waals surface area contributed by atoms with Crippen molar-refractivity contribution in [3.63, 3.8) is 0 Å². The maximum atomic E-state index is 12.5. The number of carbonyl (C=O) groups excluding carboxylic acids is 5. The molecule has 35 heavy (non-hydrogen) atoms. The number of ether oxygens (including phenoxy) is 1. The number of fused-ring (bicyclic) bond motifs is 2. The fraction of sp³-hybridized carbons (Fsp3) is 0.292. The van der Waals surface area contributed by atoms with E-state index >= 15 is 0 Å². The third kappa shape index (κ3) is 4.52. The van der Waals surface area contributed by atoms with Gasteiger partial charge in [-0.05, 0) is 31.0 Å². The third-order valence-corrected chi connectivity index (χ3v) is 5.89. The molecule has 0 atom stereocenters. The van der Waals surface area contributed by atoms with Crippen LogP contribution >= 0.6 is 0 Å². The average Bonchev–Trinajstić information content (AvgIpc) is 3.24. The molecule has 11 heteroatoms. The normalized spacial score (nSPS) is 14.4. The number of carbonyl (C=O) groups is 5. The number of esters is 1. The molecule has 0 saturated heterocycles. The molecule has 0 aliphatic carbocycles. The van der Waals surface area contributed by atoms with Crippen LogP contribution in [0.3, 0.4) is 0 Å². The Kier molecular flexibility index (Phi) is 6.67. The Morgan fingerprint density at radius 2 is 1.37 bits per heavy atom. The summed E-state index contributed by atoms with van der Waals surface area (Å²) in [5.74, 6) is -2.58. The monoisotopic (exact) mass is 479 g/mol. The molecule has 4 rings (SSSR count). The standard InChI is InChI=1S/C24H21N3O8/c28-19(35-14-13-26-21(29)15-7-3-4-8-16(15)22(26)30)11-2-1-5-12-25-23(31)17-9-6-10-18(27(33)34)20(17)24(25)32/h3-4,6-10H,1-2,5,11-14H2. The van der Waals surface area contributed by atoms with Gasteiger partial charge in [0.05, 0.1) is 28.2 Å². The molecule has 0 N–H and O–H groups in total. The zero-order valence-corrected chi connectivity index (χ0v) is 18.6. The number of benzene rings is 2. The molecular formula is C24H21N3O8. The van der Waals surface area contributed by atoms with Crippen molar-refractivity contribution in [2.75, 3.05) is 19.7 Å². The van der Waals surface area contributed by atoms with Gasteiger partial charge in [-0.15, -0.1) is 0 Å². The van der Waals surface area contributed by atoms with Crippen molar-refractivity contribution in [1.82, 2.24) is 9.80 Å². The minimum atomic E-state index is -0.690. The van der Waals surface area contributed by atoms with E-state index in [4.69, 9.17) is 4.74 Å². The number of amides is 4. The number of imide groups is 2. The Bertz CT molecular complexity index is 1220. The highest BCUT2D eigenvalue weighted by Gasteiger charge is 2.40. The van der Waals surface area contributed by atoms with Crippen LogP contribution in [0.25, 0.3) is 0 Å². The van der Waals surface area contributed by atoms with Crippen LogP contribution in [0.2, 0.25) is 0 Å². The first-order chi connectivity index (χ1) is 16.8. The van der Waals surface area contributed by atoms with E-state index < -0.39 is 40.2 Å². The van der Waals surface area contributed by atoms with E-state index in [1.165, 1.54) is 18.2 Å². The lowest BCUT2D eigenvalue weighted by molar-refractivity contribution is -0.385. The van der Waals surface area contributed by atoms with Crippen LogP contribution in [0.4, 0.5) is 5.69 Å². The van der Waals surface area contributed by atoms with Gasteiger partial charge in [0.15, 0.2) is 0 Å². The van der Waals surface area contributed by atoms with Gasteiger partial charge in [0.1, 0.15) is 12.2 Å². The van der Waals surface area contributed by atoms with E-state index in [0.29, 0.717) is 30.4 Å². The molecule has 11 nitrogen and oxygen atoms in total. The minimum absolute atomic E-state index is 0.0193. The average molecular weight is 479 g/mol. The Morgan fingerprint density at radius 3 is 2.03 bits per heavy atom. The highest BCUT2D eigenvalue weighted by molar-refractivity contribution is 6.23. The van der Waals surface area contributed by atoms with Crippen molar-refractivity contribution in [2.24, 2.45) is 0 Å². The molecule has 2 aromatic carbocycles. The highest BCUT2D eigenvalue weighted by atomic mass is 16.6. The quantitative estimate of drug-likeness (QED) is 0.166. The number of nitro benzene ring substituents is 1. The van der Waals surface area contributed by atoms with Crippen LogP contribution in [0.5, 0.6) is 0 Å². The fourth-order valence-electron chi connectivity index (χ4n) is 4.15. The van der Waals surface area contributed by atoms with Crippen LogP contribution in [0.15, 0.2) is 42.5 Å². The molecule has 0 radical (unpaired) electrons. The first kappa shape index (κ1) is 23.7. The zero-order valence-electron chi connectivity index (χ0n) is 18.6. The molecule has 0 aromatic heterocycles. The summed E-state index contributed by atoms with van der Waals surface area (Å²) < 4.78 is 5.12. The predicted molar refractivity (Wildman–Crippen MR) is 120 cm³/mol. The summed E-state index contributed by atoms with van der Waals surface area (Å²) in [6.45, 7) is -0.0691. The van der Waals surface area contributed by atoms with Gasteiger partial charge >= 0.3 is 5.97 Å². The second kappa shape index (κ2) is 9.84.